The van der Waals surface area contributed by atoms with Crippen molar-refractivity contribution in [1.29, 1.82) is 0 Å². The largest absolute Gasteiger partial charge is 0.486 e. The van der Waals surface area contributed by atoms with E-state index in [0.29, 0.717) is 57.2 Å². The van der Waals surface area contributed by atoms with Crippen molar-refractivity contribution in [3.63, 3.8) is 0 Å². The van der Waals surface area contributed by atoms with Gasteiger partial charge in [0.25, 0.3) is 0 Å². The molecule has 7 nitrogen and oxygen atoms in total. The van der Waals surface area contributed by atoms with E-state index >= 15 is 0 Å². The van der Waals surface area contributed by atoms with Crippen LogP contribution in [0.4, 0.5) is 0 Å². The summed E-state index contributed by atoms with van der Waals surface area (Å²) in [6.45, 7) is 4.10. The van der Waals surface area contributed by atoms with Crippen molar-refractivity contribution in [2.24, 2.45) is 5.92 Å². The highest BCUT2D eigenvalue weighted by molar-refractivity contribution is 7.89. The van der Waals surface area contributed by atoms with E-state index in [0.717, 1.165) is 11.1 Å². The van der Waals surface area contributed by atoms with Gasteiger partial charge in [-0.15, -0.1) is 0 Å². The first-order valence-corrected chi connectivity index (χ1v) is 12.0. The molecule has 8 heteroatoms. The summed E-state index contributed by atoms with van der Waals surface area (Å²) in [5, 5.41) is 0. The highest BCUT2D eigenvalue weighted by Crippen LogP contribution is 2.34. The highest BCUT2D eigenvalue weighted by atomic mass is 32.2. The summed E-state index contributed by atoms with van der Waals surface area (Å²) in [6.07, 6.45) is 1.03. The molecule has 0 aromatic heterocycles. The van der Waals surface area contributed by atoms with Crippen LogP contribution >= 0.6 is 0 Å². The van der Waals surface area contributed by atoms with Gasteiger partial charge < -0.3 is 14.4 Å². The Bertz CT molecular complexity index is 1060. The van der Waals surface area contributed by atoms with Crippen LogP contribution in [-0.4, -0.2) is 56.9 Å². The van der Waals surface area contributed by atoms with Crippen LogP contribution in [0.5, 0.6) is 11.5 Å². The number of hydrogen-bond acceptors (Lipinski definition) is 5. The number of carbonyl (C=O) groups is 1. The second kappa shape index (κ2) is 8.88. The average molecular weight is 445 g/mol. The maximum absolute atomic E-state index is 13.1. The normalized spacial score (nSPS) is 17.4. The first kappa shape index (κ1) is 21.6. The van der Waals surface area contributed by atoms with Crippen LogP contribution < -0.4 is 9.47 Å². The van der Waals surface area contributed by atoms with Crippen molar-refractivity contribution in [2.45, 2.75) is 31.2 Å². The number of amides is 1. The molecule has 1 fully saturated rings. The fraction of sp³-hybridized carbons (Fsp3) is 0.435. The molecule has 0 bridgehead atoms. The fourth-order valence-electron chi connectivity index (χ4n) is 4.11. The summed E-state index contributed by atoms with van der Waals surface area (Å²) in [4.78, 5) is 14.9. The van der Waals surface area contributed by atoms with Crippen LogP contribution in [0.2, 0.25) is 0 Å². The highest BCUT2D eigenvalue weighted by Gasteiger charge is 2.33. The minimum atomic E-state index is -3.65. The van der Waals surface area contributed by atoms with E-state index in [-0.39, 0.29) is 16.7 Å². The second-order valence-corrected chi connectivity index (χ2v) is 10.0. The predicted molar refractivity (Wildman–Crippen MR) is 117 cm³/mol. The number of hydrogen-bond donors (Lipinski definition) is 0. The standard InChI is InChI=1S/C23H28N2O5S/c1-17-5-3-4-6-19(17)16-24(2)23(26)18-9-11-25(12-10-18)31(27,28)20-7-8-21-22(15-20)30-14-13-29-21/h3-8,15,18H,9-14,16H2,1-2H3. The van der Waals surface area contributed by atoms with Crippen molar-refractivity contribution < 1.29 is 22.7 Å². The molecule has 1 amide bonds. The number of nitrogens with zero attached hydrogens (tertiary/aromatic N) is 2. The molecule has 0 spiro atoms. The number of piperidine rings is 1. The topological polar surface area (TPSA) is 76.2 Å². The van der Waals surface area contributed by atoms with Gasteiger partial charge >= 0.3 is 0 Å². The number of aryl methyl sites for hydroxylation is 1. The van der Waals surface area contributed by atoms with E-state index in [2.05, 4.69) is 0 Å². The van der Waals surface area contributed by atoms with Gasteiger partial charge in [0, 0.05) is 38.7 Å². The Morgan fingerprint density at radius 3 is 2.45 bits per heavy atom. The Morgan fingerprint density at radius 1 is 1.06 bits per heavy atom. The minimum Gasteiger partial charge on any atom is -0.486 e. The summed E-state index contributed by atoms with van der Waals surface area (Å²) in [5.74, 6) is 0.918. The molecule has 166 valence electrons. The van der Waals surface area contributed by atoms with Gasteiger partial charge in [-0.1, -0.05) is 24.3 Å². The van der Waals surface area contributed by atoms with Gasteiger partial charge in [-0.05, 0) is 43.0 Å². The summed E-state index contributed by atoms with van der Waals surface area (Å²) < 4.78 is 38.6. The van der Waals surface area contributed by atoms with Crippen LogP contribution in [-0.2, 0) is 21.4 Å². The molecule has 0 unspecified atom stereocenters. The lowest BCUT2D eigenvalue weighted by atomic mass is 9.96. The molecule has 0 saturated carbocycles. The van der Waals surface area contributed by atoms with Gasteiger partial charge in [0.05, 0.1) is 4.90 Å². The van der Waals surface area contributed by atoms with E-state index in [1.807, 2.05) is 38.2 Å². The molecule has 2 heterocycles. The lowest BCUT2D eigenvalue weighted by Crippen LogP contribution is -2.43. The van der Waals surface area contributed by atoms with E-state index in [9.17, 15) is 13.2 Å². The molecule has 0 N–H and O–H groups in total. The van der Waals surface area contributed by atoms with Gasteiger partial charge in [-0.2, -0.15) is 4.31 Å². The van der Waals surface area contributed by atoms with Crippen LogP contribution in [0.3, 0.4) is 0 Å². The number of benzene rings is 2. The molecule has 0 aliphatic carbocycles. The summed E-state index contributed by atoms with van der Waals surface area (Å²) in [7, 11) is -1.83. The first-order chi connectivity index (χ1) is 14.9. The molecule has 2 aliphatic heterocycles. The molecule has 0 radical (unpaired) electrons. The number of rotatable bonds is 5. The molecule has 2 aromatic rings. The molecule has 1 saturated heterocycles. The SMILES string of the molecule is Cc1ccccc1CN(C)C(=O)C1CCN(S(=O)(=O)c2ccc3c(c2)OCCO3)CC1. The lowest BCUT2D eigenvalue weighted by molar-refractivity contribution is -0.135. The maximum Gasteiger partial charge on any atom is 0.243 e. The smallest absolute Gasteiger partial charge is 0.243 e. The summed E-state index contributed by atoms with van der Waals surface area (Å²) in [5.41, 5.74) is 2.28. The molecule has 2 aliphatic rings. The quantitative estimate of drug-likeness (QED) is 0.709. The minimum absolute atomic E-state index is 0.0691. The van der Waals surface area contributed by atoms with Crippen molar-refractivity contribution >= 4 is 15.9 Å². The molecule has 0 atom stereocenters. The van der Waals surface area contributed by atoms with Crippen LogP contribution in [0.25, 0.3) is 0 Å². The fourth-order valence-corrected chi connectivity index (χ4v) is 5.59. The summed E-state index contributed by atoms with van der Waals surface area (Å²) in [6, 6.07) is 12.7. The Hall–Kier alpha value is -2.58. The van der Waals surface area contributed by atoms with E-state index in [1.165, 1.54) is 10.4 Å². The monoisotopic (exact) mass is 444 g/mol. The number of ether oxygens (including phenoxy) is 2. The molecular formula is C23H28N2O5S. The van der Waals surface area contributed by atoms with Crippen molar-refractivity contribution in [3.8, 4) is 11.5 Å². The Kier molecular flexibility index (Phi) is 6.20. The predicted octanol–water partition coefficient (Wildman–Crippen LogP) is 2.83. The van der Waals surface area contributed by atoms with Gasteiger partial charge in [0.2, 0.25) is 15.9 Å². The number of sulfonamides is 1. The average Bonchev–Trinajstić information content (AvgIpc) is 2.79. The third-order valence-corrected chi connectivity index (χ3v) is 7.89. The van der Waals surface area contributed by atoms with Crippen LogP contribution in [0, 0.1) is 12.8 Å². The number of carbonyl (C=O) groups excluding carboxylic acids is 1. The van der Waals surface area contributed by atoms with Gasteiger partial charge in [-0.3, -0.25) is 4.79 Å². The maximum atomic E-state index is 13.1. The van der Waals surface area contributed by atoms with Gasteiger partial charge in [0.15, 0.2) is 11.5 Å². The third kappa shape index (κ3) is 4.55. The molecule has 31 heavy (non-hydrogen) atoms. The Labute approximate surface area is 183 Å². The van der Waals surface area contributed by atoms with Crippen molar-refractivity contribution in [1.82, 2.24) is 9.21 Å². The van der Waals surface area contributed by atoms with Crippen LogP contribution in [0.1, 0.15) is 24.0 Å². The van der Waals surface area contributed by atoms with Crippen LogP contribution in [0.15, 0.2) is 47.4 Å². The number of fused-ring (bicyclic) bond motifs is 1. The molecule has 2 aromatic carbocycles. The Balaban J connectivity index is 1.38. The van der Waals surface area contributed by atoms with Gasteiger partial charge in [0.1, 0.15) is 13.2 Å². The Morgan fingerprint density at radius 2 is 1.74 bits per heavy atom. The van der Waals surface area contributed by atoms with Gasteiger partial charge in [-0.25, -0.2) is 8.42 Å². The zero-order valence-corrected chi connectivity index (χ0v) is 18.7. The van der Waals surface area contributed by atoms with E-state index in [4.69, 9.17) is 9.47 Å². The van der Waals surface area contributed by atoms with E-state index in [1.54, 1.807) is 17.0 Å². The van der Waals surface area contributed by atoms with Crippen molar-refractivity contribution in [2.75, 3.05) is 33.4 Å². The summed E-state index contributed by atoms with van der Waals surface area (Å²) >= 11 is 0. The molecular weight excluding hydrogens is 416 g/mol. The zero-order valence-electron chi connectivity index (χ0n) is 17.9. The zero-order chi connectivity index (χ0) is 22.0. The third-order valence-electron chi connectivity index (χ3n) is 6.00. The first-order valence-electron chi connectivity index (χ1n) is 10.6. The van der Waals surface area contributed by atoms with Crippen molar-refractivity contribution in [3.05, 3.63) is 53.6 Å². The van der Waals surface area contributed by atoms with E-state index < -0.39 is 10.0 Å². The molecule has 4 rings (SSSR count). The lowest BCUT2D eigenvalue weighted by Gasteiger charge is -2.33. The second-order valence-electron chi connectivity index (χ2n) is 8.10.